The summed E-state index contributed by atoms with van der Waals surface area (Å²) in [5, 5.41) is 0. The number of nitrogens with one attached hydrogen (secondary N) is 2. The first-order valence-electron chi connectivity index (χ1n) is 11.9. The predicted octanol–water partition coefficient (Wildman–Crippen LogP) is 2.18. The van der Waals surface area contributed by atoms with Crippen molar-refractivity contribution in [2.45, 2.75) is 86.1 Å². The zero-order chi connectivity index (χ0) is 24.0. The van der Waals surface area contributed by atoms with Crippen LogP contribution >= 0.6 is 0 Å². The Balaban J connectivity index is 1.50. The van der Waals surface area contributed by atoms with Crippen molar-refractivity contribution in [3.63, 3.8) is 0 Å². The van der Waals surface area contributed by atoms with E-state index in [-0.39, 0.29) is 38.3 Å². The van der Waals surface area contributed by atoms with Crippen molar-refractivity contribution in [1.82, 2.24) is 9.44 Å². The van der Waals surface area contributed by atoms with E-state index >= 15 is 0 Å². The Morgan fingerprint density at radius 1 is 0.559 bits per heavy atom. The topological polar surface area (TPSA) is 92.3 Å². The van der Waals surface area contributed by atoms with Crippen LogP contribution in [-0.2, 0) is 20.0 Å². The molecule has 186 valence electrons. The van der Waals surface area contributed by atoms with Crippen LogP contribution < -0.4 is 18.4 Å². The van der Waals surface area contributed by atoms with Gasteiger partial charge in [0, 0.05) is 0 Å². The van der Waals surface area contributed by atoms with Gasteiger partial charge < -0.3 is 0 Å². The Labute approximate surface area is 215 Å². The molecule has 6 nitrogen and oxygen atoms in total. The molecule has 0 aromatic heterocycles. The fourth-order valence-corrected chi connectivity index (χ4v) is 17.1. The summed E-state index contributed by atoms with van der Waals surface area (Å²) in [6.45, 7) is 0. The predicted molar refractivity (Wildman–Crippen MR) is 138 cm³/mol. The monoisotopic (exact) mass is 636 g/mol. The molecule has 2 aromatic carbocycles. The van der Waals surface area contributed by atoms with Crippen LogP contribution in [0.1, 0.15) is 64.2 Å². The summed E-state index contributed by atoms with van der Waals surface area (Å²) >= 11 is -0.358. The van der Waals surface area contributed by atoms with Gasteiger partial charge in [0.25, 0.3) is 0 Å². The fraction of sp³-hybridized carbons (Fsp3) is 0.500. The standard InChI is InChI=1S/C24H32N2O4S2Se2/c27-31(28,25-19-11-3-1-4-12-19)21-15-7-9-17-23(21)33-34-24-18-10-8-16-22(24)32(29,30)26-20-13-5-2-6-14-20/h7-10,15-20,25-26H,1-6,11-14H2. The van der Waals surface area contributed by atoms with Gasteiger partial charge in [0.05, 0.1) is 0 Å². The maximum atomic E-state index is 13.2. The van der Waals surface area contributed by atoms with E-state index in [0.717, 1.165) is 60.3 Å². The molecule has 0 atom stereocenters. The molecule has 0 spiro atoms. The summed E-state index contributed by atoms with van der Waals surface area (Å²) in [6, 6.07) is 14.3. The number of rotatable bonds is 9. The number of hydrogen-bond donors (Lipinski definition) is 2. The van der Waals surface area contributed by atoms with Crippen molar-refractivity contribution in [2.24, 2.45) is 0 Å². The number of hydrogen-bond acceptors (Lipinski definition) is 4. The van der Waals surface area contributed by atoms with Gasteiger partial charge in [0.15, 0.2) is 0 Å². The second kappa shape index (κ2) is 12.0. The van der Waals surface area contributed by atoms with Crippen LogP contribution in [0.3, 0.4) is 0 Å². The normalized spacial score (nSPS) is 18.7. The van der Waals surface area contributed by atoms with Crippen molar-refractivity contribution < 1.29 is 16.8 Å². The average Bonchev–Trinajstić information content (AvgIpc) is 2.84. The molecule has 0 amide bonds. The molecule has 2 aliphatic carbocycles. The third kappa shape index (κ3) is 6.95. The molecule has 34 heavy (non-hydrogen) atoms. The third-order valence-corrected chi connectivity index (χ3v) is 17.3. The first-order valence-corrected chi connectivity index (χ1v) is 20.9. The molecule has 2 fully saturated rings. The van der Waals surface area contributed by atoms with Gasteiger partial charge >= 0.3 is 216 Å². The number of sulfonamides is 2. The minimum absolute atomic E-state index is 0.00143. The van der Waals surface area contributed by atoms with E-state index in [4.69, 9.17) is 0 Å². The quantitative estimate of drug-likeness (QED) is 0.414. The Hall–Kier alpha value is -0.701. The van der Waals surface area contributed by atoms with Crippen molar-refractivity contribution >= 4 is 55.2 Å². The molecule has 2 N–H and O–H groups in total. The van der Waals surface area contributed by atoms with E-state index in [1.54, 1.807) is 24.3 Å². The molecule has 2 aromatic rings. The minimum atomic E-state index is -3.61. The van der Waals surface area contributed by atoms with Gasteiger partial charge in [0.2, 0.25) is 0 Å². The van der Waals surface area contributed by atoms with Crippen molar-refractivity contribution in [3.8, 4) is 0 Å². The summed E-state index contributed by atoms with van der Waals surface area (Å²) in [5.41, 5.74) is 0. The second-order valence-corrected chi connectivity index (χ2v) is 18.5. The van der Waals surface area contributed by atoms with E-state index in [1.165, 1.54) is 12.8 Å². The molecule has 0 bridgehead atoms. The van der Waals surface area contributed by atoms with E-state index < -0.39 is 20.0 Å². The van der Waals surface area contributed by atoms with Crippen LogP contribution in [0.2, 0.25) is 0 Å². The van der Waals surface area contributed by atoms with Gasteiger partial charge in [0.1, 0.15) is 0 Å². The van der Waals surface area contributed by atoms with Crippen LogP contribution in [0.5, 0.6) is 0 Å². The van der Waals surface area contributed by atoms with Gasteiger partial charge in [-0.25, -0.2) is 0 Å². The van der Waals surface area contributed by atoms with Crippen molar-refractivity contribution in [2.75, 3.05) is 0 Å². The third-order valence-electron chi connectivity index (χ3n) is 6.35. The molecule has 10 heteroatoms. The van der Waals surface area contributed by atoms with Crippen LogP contribution in [0.15, 0.2) is 58.3 Å². The van der Waals surface area contributed by atoms with Crippen molar-refractivity contribution in [1.29, 1.82) is 0 Å². The van der Waals surface area contributed by atoms with E-state index in [0.29, 0.717) is 9.79 Å². The van der Waals surface area contributed by atoms with E-state index in [2.05, 4.69) is 9.44 Å². The van der Waals surface area contributed by atoms with Gasteiger partial charge in [-0.05, 0) is 0 Å². The molecule has 0 heterocycles. The molecular formula is C24H32N2O4S2Se2. The van der Waals surface area contributed by atoms with Gasteiger partial charge in [-0.2, -0.15) is 0 Å². The second-order valence-electron chi connectivity index (χ2n) is 8.97. The summed E-state index contributed by atoms with van der Waals surface area (Å²) in [6.07, 6.45) is 10.1. The fourth-order valence-electron chi connectivity index (χ4n) is 4.58. The van der Waals surface area contributed by atoms with Crippen LogP contribution in [0, 0.1) is 0 Å². The van der Waals surface area contributed by atoms with E-state index in [1.807, 2.05) is 24.3 Å². The Morgan fingerprint density at radius 3 is 1.29 bits per heavy atom. The Bertz CT molecular complexity index is 1080. The van der Waals surface area contributed by atoms with Gasteiger partial charge in [-0.15, -0.1) is 0 Å². The van der Waals surface area contributed by atoms with Crippen LogP contribution in [0.25, 0.3) is 0 Å². The van der Waals surface area contributed by atoms with Crippen LogP contribution in [0.4, 0.5) is 0 Å². The molecular weight excluding hydrogens is 602 g/mol. The first-order chi connectivity index (χ1) is 16.4. The molecule has 0 saturated heterocycles. The first kappa shape index (κ1) is 26.4. The molecule has 2 saturated carbocycles. The van der Waals surface area contributed by atoms with Crippen LogP contribution in [-0.4, -0.2) is 55.2 Å². The van der Waals surface area contributed by atoms with Gasteiger partial charge in [-0.3, -0.25) is 0 Å². The SMILES string of the molecule is O=S(=O)(NC1CCCCC1)c1ccccc1[Se][Se]c1ccccc1S(=O)(=O)NC1CCCCC1. The average molecular weight is 635 g/mol. The zero-order valence-corrected chi connectivity index (χ0v) is 24.2. The molecule has 0 radical (unpaired) electrons. The molecule has 0 aliphatic heterocycles. The number of benzene rings is 2. The van der Waals surface area contributed by atoms with Crippen molar-refractivity contribution in [3.05, 3.63) is 48.5 Å². The molecule has 0 unspecified atom stereocenters. The Kier molecular flexibility index (Phi) is 9.32. The molecule has 4 rings (SSSR count). The maximum absolute atomic E-state index is 13.2. The summed E-state index contributed by atoms with van der Waals surface area (Å²) in [7, 11) is -7.22. The molecule has 2 aliphatic rings. The summed E-state index contributed by atoms with van der Waals surface area (Å²) < 4.78 is 60.1. The summed E-state index contributed by atoms with van der Waals surface area (Å²) in [4.78, 5) is 0.672. The van der Waals surface area contributed by atoms with E-state index in [9.17, 15) is 16.8 Å². The summed E-state index contributed by atoms with van der Waals surface area (Å²) in [5.74, 6) is 0. The van der Waals surface area contributed by atoms with Gasteiger partial charge in [-0.1, -0.05) is 0 Å². The zero-order valence-electron chi connectivity index (χ0n) is 19.1. The Morgan fingerprint density at radius 2 is 0.912 bits per heavy atom.